The molecule has 856 valence electrons. The van der Waals surface area contributed by atoms with E-state index in [4.69, 9.17) is 40.8 Å². The van der Waals surface area contributed by atoms with Crippen molar-refractivity contribution in [3.05, 3.63) is 0 Å². The zero-order chi connectivity index (χ0) is 108. The van der Waals surface area contributed by atoms with Gasteiger partial charge in [-0.25, -0.2) is 0 Å². The average Bonchev–Trinajstić information content (AvgIpc) is 0.853. The lowest BCUT2D eigenvalue weighted by Crippen LogP contribution is -2.47. The second-order valence-corrected chi connectivity index (χ2v) is 85.4. The Kier molecular flexibility index (Phi) is 98.1. The summed E-state index contributed by atoms with van der Waals surface area (Å²) in [6.45, 7) is 66.1. The fourth-order valence-electron chi connectivity index (χ4n) is 18.9. The van der Waals surface area contributed by atoms with E-state index in [1.54, 1.807) is 14.2 Å². The van der Waals surface area contributed by atoms with Gasteiger partial charge in [0.1, 0.15) is 63.2 Å². The molecule has 5 atom stereocenters. The highest BCUT2D eigenvalue weighted by atomic mass is 28.4. The van der Waals surface area contributed by atoms with Crippen molar-refractivity contribution in [3.8, 4) is 0 Å². The van der Waals surface area contributed by atoms with Crippen LogP contribution in [0.25, 0.3) is 0 Å². The molecule has 0 fully saturated rings. The highest BCUT2D eigenvalue weighted by Gasteiger charge is 2.36. The van der Waals surface area contributed by atoms with E-state index in [1.807, 2.05) is 0 Å². The quantitative estimate of drug-likeness (QED) is 0.0220. The first-order valence-electron chi connectivity index (χ1n) is 59.7. The number of ether oxygens (including phenoxy) is 5. The molecule has 5 unspecified atom stereocenters. The van der Waals surface area contributed by atoms with Crippen LogP contribution < -0.4 is 0 Å². The van der Waals surface area contributed by atoms with Crippen LogP contribution in [0.15, 0.2) is 0 Å². The number of hydrogen-bond donors (Lipinski definition) is 5. The molecule has 0 aliphatic heterocycles. The lowest BCUT2D eigenvalue weighted by Gasteiger charge is -2.32. The summed E-state index contributed by atoms with van der Waals surface area (Å²) in [6.07, 6.45) is 66.5. The van der Waals surface area contributed by atoms with Gasteiger partial charge in [-0.15, -0.1) is 0 Å². The Balaban J connectivity index is -0.000000550. The van der Waals surface area contributed by atoms with Crippen LogP contribution in [0.2, 0.25) is 142 Å². The van der Waals surface area contributed by atoms with Gasteiger partial charge in [-0.2, -0.15) is 0 Å². The van der Waals surface area contributed by atoms with Crippen molar-refractivity contribution < 1.29 is 88.7 Å². The van der Waals surface area contributed by atoms with Crippen molar-refractivity contribution in [2.24, 2.45) is 0 Å². The molecule has 0 aromatic heterocycles. The topological polar surface area (TPSA) is 184 Å². The summed E-state index contributed by atoms with van der Waals surface area (Å²) in [5, 5.41) is 51.6. The highest BCUT2D eigenvalue weighted by molar-refractivity contribution is 6.83. The molecular formula is C115H264N5O14Si7+5. The van der Waals surface area contributed by atoms with Crippen molar-refractivity contribution in [2.45, 2.75) is 534 Å². The van der Waals surface area contributed by atoms with Crippen LogP contribution in [0.3, 0.4) is 0 Å². The Bertz CT molecular complexity index is 2620. The van der Waals surface area contributed by atoms with E-state index in [9.17, 15) is 25.5 Å². The molecule has 26 heteroatoms. The van der Waals surface area contributed by atoms with E-state index < -0.39 is 70.2 Å². The average molecular weight is 2140 g/mol. The summed E-state index contributed by atoms with van der Waals surface area (Å²) in [5.74, 6) is 0. The van der Waals surface area contributed by atoms with E-state index in [-0.39, 0.29) is 18.3 Å². The molecule has 0 radical (unpaired) electrons. The fraction of sp³-hybridized carbons (Fsp3) is 1.00. The third-order valence-electron chi connectivity index (χ3n) is 27.5. The number of nitrogens with zero attached hydrogens (tertiary/aromatic N) is 5. The minimum atomic E-state index is -1.98. The van der Waals surface area contributed by atoms with Crippen LogP contribution in [0, 0.1) is 0 Å². The van der Waals surface area contributed by atoms with E-state index in [0.717, 1.165) is 152 Å². The third kappa shape index (κ3) is 121. The van der Waals surface area contributed by atoms with E-state index >= 15 is 0 Å². The predicted octanol–water partition coefficient (Wildman–Crippen LogP) is 29.4. The van der Waals surface area contributed by atoms with E-state index in [0.29, 0.717) is 46.2 Å². The lowest BCUT2D eigenvalue weighted by atomic mass is 10.1. The molecule has 5 N–H and O–H groups in total. The number of unbranched alkanes of at least 4 members (excludes halogenated alkanes) is 41. The van der Waals surface area contributed by atoms with Gasteiger partial charge in [-0.3, -0.25) is 0 Å². The van der Waals surface area contributed by atoms with Crippen LogP contribution in [0.4, 0.5) is 0 Å². The van der Waals surface area contributed by atoms with Gasteiger partial charge in [0.2, 0.25) is 0 Å². The predicted molar refractivity (Wildman–Crippen MR) is 637 cm³/mol. The summed E-state index contributed by atoms with van der Waals surface area (Å²) in [7, 11) is 15.6. The maximum absolute atomic E-state index is 10.5. The van der Waals surface area contributed by atoms with E-state index in [2.05, 4.69) is 216 Å². The van der Waals surface area contributed by atoms with Crippen molar-refractivity contribution in [1.29, 1.82) is 0 Å². The lowest BCUT2D eigenvalue weighted by molar-refractivity contribution is -0.893. The Hall–Kier alpha value is 0.758. The zero-order valence-electron chi connectivity index (χ0n) is 102. The largest absolute Gasteiger partial charge is 0.436 e. The maximum Gasteiger partial charge on any atom is 0.321 e. The van der Waals surface area contributed by atoms with Crippen molar-refractivity contribution in [1.82, 2.24) is 0 Å². The Labute approximate surface area is 891 Å². The van der Waals surface area contributed by atoms with Crippen LogP contribution in [-0.4, -0.2) is 353 Å². The molecular weight excluding hydrogens is 1870 g/mol. The molecule has 0 saturated carbocycles. The van der Waals surface area contributed by atoms with Gasteiger partial charge < -0.3 is 88.7 Å². The molecule has 0 rings (SSSR count). The molecule has 0 saturated heterocycles. The van der Waals surface area contributed by atoms with Crippen molar-refractivity contribution >= 4 is 58.0 Å². The molecule has 0 aromatic rings. The molecule has 0 aliphatic carbocycles. The first-order valence-corrected chi connectivity index (χ1v) is 82.7. The summed E-state index contributed by atoms with van der Waals surface area (Å²) >= 11 is 0. The molecule has 0 heterocycles. The van der Waals surface area contributed by atoms with Gasteiger partial charge in [-0.05, 0) is 161 Å². The highest BCUT2D eigenvalue weighted by Crippen LogP contribution is 2.26. The number of quaternary nitrogens is 5. The second kappa shape index (κ2) is 92.1. The Morgan fingerprint density at radius 3 is 0.461 bits per heavy atom. The maximum atomic E-state index is 10.5. The number of rotatable bonds is 97. The molecule has 19 nitrogen and oxygen atoms in total. The first-order chi connectivity index (χ1) is 65.8. The summed E-state index contributed by atoms with van der Waals surface area (Å²) < 4.78 is 56.7. The van der Waals surface area contributed by atoms with Gasteiger partial charge in [0.15, 0.2) is 16.6 Å². The number of aliphatic hydroxyl groups excluding tert-OH is 5. The zero-order valence-corrected chi connectivity index (χ0v) is 109. The molecule has 0 spiro atoms. The first kappa shape index (κ1) is 150. The minimum Gasteiger partial charge on any atom is -0.436 e. The monoisotopic (exact) mass is 2140 g/mol. The van der Waals surface area contributed by atoms with Crippen LogP contribution in [0.1, 0.15) is 362 Å². The van der Waals surface area contributed by atoms with Gasteiger partial charge in [0.05, 0.1) is 136 Å². The van der Waals surface area contributed by atoms with Crippen LogP contribution >= 0.6 is 0 Å². The number of likely N-dealkylation sites (N-methyl/N-ethyl adjacent to an activating group) is 5. The molecule has 0 amide bonds. The molecule has 0 bridgehead atoms. The molecule has 141 heavy (non-hydrogen) atoms. The smallest absolute Gasteiger partial charge is 0.321 e. The SMILES string of the molecule is CCCCCCCCCCCCCC[N+](C)(C)CC(O)COCCC[Si](C)(C)C.CCCCCCCCCCCCCC[N+](C)(C)CC(O)COCCC[Si](C)(C)O[Si](C)(C)OC.CCCCCCCCCC[N+](C)(C)CC(O)COCCC[Si](C)(C)C.CCCCCCCCCC[N+](C)(C)CC(O)COCCC[Si](C)(C)O[Si](C)(C)OC.CCCCCCCC[N+](C)(C)CC(O)COCCC[Si](C)(C)C. The Morgan fingerprint density at radius 1 is 0.191 bits per heavy atom. The third-order valence-corrected chi connectivity index (χ3v) is 46.5. The molecule has 0 aromatic carbocycles. The van der Waals surface area contributed by atoms with Gasteiger partial charge >= 0.3 is 17.1 Å². The van der Waals surface area contributed by atoms with E-state index in [1.165, 1.54) is 313 Å². The molecule has 0 aliphatic rings. The standard InChI is InChI=1S/C27H62NO4Si2.C25H56NO2Si.C23H54NO4Si2.C21H48NO2Si.C19H44NO2Si/c1-9-10-11-12-13-14-15-16-17-18-19-20-22-28(2,3)25-27(29)26-31-23-21-24-33(5,6)32-34(7,8)30-4;1-7-8-9-10-11-12-13-14-15-16-17-18-20-26(2,3)23-25(27)24-28-21-19-22-29(4,5)6;1-9-10-11-12-13-14-15-16-18-24(2,3)21-23(25)22-27-19-17-20-29(5,6)28-30(7,8)26-4;1-7-8-9-10-11-12-13-14-16-22(2,3)19-21(23)20-24-17-15-18-25(4,5)6;1-7-8-9-10-11-12-14-20(2,3)17-19(21)18-22-15-13-16-23(4,5)6/h27,29H,9-26H2,1-8H3;25,27H,7-24H2,1-6H3;23,25H,9-22H2,1-8H3;21,23H,7-20H2,1-6H3;19,21H,7-18H2,1-6H3/q5*+1. The minimum absolute atomic E-state index is 0.336. The normalized spacial score (nSPS) is 14.1. The van der Waals surface area contributed by atoms with Crippen LogP contribution in [0.5, 0.6) is 0 Å². The summed E-state index contributed by atoms with van der Waals surface area (Å²) in [4.78, 5) is 0. The van der Waals surface area contributed by atoms with Crippen LogP contribution in [-0.2, 0) is 40.8 Å². The summed E-state index contributed by atoms with van der Waals surface area (Å²) in [5.41, 5.74) is 0. The fourth-order valence-corrected chi connectivity index (χ4v) is 36.7. The van der Waals surface area contributed by atoms with Crippen molar-refractivity contribution in [2.75, 3.05) is 216 Å². The van der Waals surface area contributed by atoms with Gasteiger partial charge in [-0.1, -0.05) is 343 Å². The second-order valence-electron chi connectivity index (χ2n) is 52.5. The van der Waals surface area contributed by atoms with Gasteiger partial charge in [0.25, 0.3) is 0 Å². The summed E-state index contributed by atoms with van der Waals surface area (Å²) in [6, 6.07) is 6.04. The van der Waals surface area contributed by atoms with Crippen molar-refractivity contribution in [3.63, 3.8) is 0 Å². The number of aliphatic hydroxyl groups is 5. The van der Waals surface area contributed by atoms with Gasteiger partial charge in [0, 0.05) is 71.5 Å². The number of hydrogen-bond acceptors (Lipinski definition) is 14. The Morgan fingerprint density at radius 2 is 0.326 bits per heavy atom.